The Morgan fingerprint density at radius 1 is 1.09 bits per heavy atom. The van der Waals surface area contributed by atoms with Gasteiger partial charge in [-0.1, -0.05) is 41.9 Å². The van der Waals surface area contributed by atoms with Crippen molar-refractivity contribution in [3.05, 3.63) is 99.1 Å². The third-order valence-electron chi connectivity index (χ3n) is 4.15. The van der Waals surface area contributed by atoms with Crippen LogP contribution in [0, 0.1) is 21.4 Å². The van der Waals surface area contributed by atoms with E-state index >= 15 is 0 Å². The van der Waals surface area contributed by atoms with Crippen LogP contribution in [-0.2, 0) is 14.9 Å². The number of anilines is 1. The van der Waals surface area contributed by atoms with Crippen molar-refractivity contribution >= 4 is 45.1 Å². The molecule has 0 aromatic heterocycles. The van der Waals surface area contributed by atoms with Gasteiger partial charge in [0.05, 0.1) is 4.92 Å². The van der Waals surface area contributed by atoms with E-state index in [0.29, 0.717) is 16.3 Å². The lowest BCUT2D eigenvalue weighted by Gasteiger charge is -2.08. The molecule has 3 rings (SSSR count). The summed E-state index contributed by atoms with van der Waals surface area (Å²) in [6, 6.07) is 18.5. The first-order valence-corrected chi connectivity index (χ1v) is 10.9. The lowest BCUT2D eigenvalue weighted by atomic mass is 10.1. The number of nitriles is 1. The Kier molecular flexibility index (Phi) is 7.07. The van der Waals surface area contributed by atoms with Crippen LogP contribution in [0.3, 0.4) is 0 Å². The molecule has 9 nitrogen and oxygen atoms in total. The molecule has 0 saturated heterocycles. The number of nitrogens with one attached hydrogen (secondary N) is 1. The Bertz CT molecular complexity index is 1410. The molecule has 1 amide bonds. The van der Waals surface area contributed by atoms with Gasteiger partial charge in [-0.3, -0.25) is 14.9 Å². The summed E-state index contributed by atoms with van der Waals surface area (Å²) in [5.41, 5.74) is -0.198. The van der Waals surface area contributed by atoms with Gasteiger partial charge in [-0.15, -0.1) is 0 Å². The van der Waals surface area contributed by atoms with Crippen LogP contribution < -0.4 is 9.50 Å². The Morgan fingerprint density at radius 3 is 2.52 bits per heavy atom. The normalized spacial score (nSPS) is 11.3. The van der Waals surface area contributed by atoms with Crippen LogP contribution in [0.4, 0.5) is 11.4 Å². The van der Waals surface area contributed by atoms with Gasteiger partial charge in [0, 0.05) is 16.8 Å². The predicted molar refractivity (Wildman–Crippen MR) is 121 cm³/mol. The molecular formula is C22H14ClN3O6S. The monoisotopic (exact) mass is 483 g/mol. The van der Waals surface area contributed by atoms with Gasteiger partial charge in [0.2, 0.25) is 0 Å². The molecule has 3 aromatic carbocycles. The average molecular weight is 484 g/mol. The standard InChI is InChI=1S/C22H14ClN3O6S/c23-17-6-4-7-18(13-17)25-22(27)16(14-24)11-15-5-3-8-19(12-15)32-33(30,31)21-10-2-1-9-20(21)26(28)29/h1-13H,(H,25,27)/b16-11+. The Hall–Kier alpha value is -4.20. The predicted octanol–water partition coefficient (Wildman–Crippen LogP) is 4.56. The molecular weight excluding hydrogens is 470 g/mol. The summed E-state index contributed by atoms with van der Waals surface area (Å²) in [5.74, 6) is -0.854. The van der Waals surface area contributed by atoms with E-state index in [1.165, 1.54) is 48.5 Å². The summed E-state index contributed by atoms with van der Waals surface area (Å²) in [6.07, 6.45) is 1.24. The maximum absolute atomic E-state index is 12.6. The summed E-state index contributed by atoms with van der Waals surface area (Å²) >= 11 is 5.88. The molecule has 0 bridgehead atoms. The van der Waals surface area contributed by atoms with Gasteiger partial charge >= 0.3 is 10.1 Å². The van der Waals surface area contributed by atoms with E-state index in [0.717, 1.165) is 12.1 Å². The van der Waals surface area contributed by atoms with Gasteiger partial charge in [-0.25, -0.2) is 0 Å². The molecule has 0 spiro atoms. The fourth-order valence-corrected chi connectivity index (χ4v) is 4.01. The van der Waals surface area contributed by atoms with Crippen molar-refractivity contribution in [1.82, 2.24) is 0 Å². The Labute approximate surface area is 193 Å². The molecule has 1 N–H and O–H groups in total. The van der Waals surface area contributed by atoms with Gasteiger partial charge in [0.25, 0.3) is 11.6 Å². The van der Waals surface area contributed by atoms with Crippen LogP contribution >= 0.6 is 11.6 Å². The number of carbonyl (C=O) groups is 1. The van der Waals surface area contributed by atoms with Crippen LogP contribution in [0.25, 0.3) is 6.08 Å². The van der Waals surface area contributed by atoms with Gasteiger partial charge in [-0.05, 0) is 48.0 Å². The van der Waals surface area contributed by atoms with Crippen molar-refractivity contribution in [3.63, 3.8) is 0 Å². The van der Waals surface area contributed by atoms with Crippen LogP contribution in [0.5, 0.6) is 5.75 Å². The van der Waals surface area contributed by atoms with Crippen LogP contribution in [-0.4, -0.2) is 19.2 Å². The van der Waals surface area contributed by atoms with E-state index in [1.54, 1.807) is 24.3 Å². The second-order valence-electron chi connectivity index (χ2n) is 6.47. The SMILES string of the molecule is N#C/C(=C\c1cccc(OS(=O)(=O)c2ccccc2[N+](=O)[O-])c1)C(=O)Nc1cccc(Cl)c1. The third-order valence-corrected chi connectivity index (χ3v) is 5.68. The van der Waals surface area contributed by atoms with Crippen LogP contribution in [0.2, 0.25) is 5.02 Å². The average Bonchev–Trinajstić information content (AvgIpc) is 2.77. The van der Waals surface area contributed by atoms with Gasteiger partial charge < -0.3 is 9.50 Å². The second-order valence-corrected chi connectivity index (χ2v) is 8.42. The summed E-state index contributed by atoms with van der Waals surface area (Å²) in [7, 11) is -4.52. The first-order valence-electron chi connectivity index (χ1n) is 9.16. The highest BCUT2D eigenvalue weighted by molar-refractivity contribution is 7.87. The number of para-hydroxylation sites is 1. The van der Waals surface area contributed by atoms with E-state index in [9.17, 15) is 28.6 Å². The highest BCUT2D eigenvalue weighted by Crippen LogP contribution is 2.27. The van der Waals surface area contributed by atoms with Crippen molar-refractivity contribution in [3.8, 4) is 11.8 Å². The van der Waals surface area contributed by atoms with E-state index in [-0.39, 0.29) is 11.3 Å². The summed E-state index contributed by atoms with van der Waals surface area (Å²) in [6.45, 7) is 0. The zero-order chi connectivity index (χ0) is 24.0. The first kappa shape index (κ1) is 23.5. The summed E-state index contributed by atoms with van der Waals surface area (Å²) in [4.78, 5) is 22.1. The molecule has 0 unspecified atom stereocenters. The smallest absolute Gasteiger partial charge is 0.346 e. The number of carbonyl (C=O) groups excluding carboxylic acids is 1. The number of benzene rings is 3. The fourth-order valence-electron chi connectivity index (χ4n) is 2.73. The molecule has 166 valence electrons. The van der Waals surface area contributed by atoms with Crippen LogP contribution in [0.1, 0.15) is 5.56 Å². The molecule has 0 atom stereocenters. The fraction of sp³-hybridized carbons (Fsp3) is 0. The number of nitro groups is 1. The quantitative estimate of drug-likeness (QED) is 0.171. The highest BCUT2D eigenvalue weighted by atomic mass is 35.5. The topological polar surface area (TPSA) is 139 Å². The molecule has 11 heteroatoms. The molecule has 0 aliphatic heterocycles. The third kappa shape index (κ3) is 5.94. The largest absolute Gasteiger partial charge is 0.379 e. The summed E-state index contributed by atoms with van der Waals surface area (Å²) < 4.78 is 30.2. The Balaban J connectivity index is 1.85. The zero-order valence-corrected chi connectivity index (χ0v) is 18.2. The molecule has 0 aliphatic carbocycles. The van der Waals surface area contributed by atoms with Crippen molar-refractivity contribution in [2.24, 2.45) is 0 Å². The minimum Gasteiger partial charge on any atom is -0.379 e. The second kappa shape index (κ2) is 9.95. The molecule has 0 fully saturated rings. The van der Waals surface area contributed by atoms with Gasteiger partial charge in [0.1, 0.15) is 17.4 Å². The first-order chi connectivity index (χ1) is 15.7. The number of nitro benzene ring substituents is 1. The van der Waals surface area contributed by atoms with E-state index < -0.39 is 31.5 Å². The number of amides is 1. The molecule has 3 aromatic rings. The number of rotatable bonds is 7. The van der Waals surface area contributed by atoms with Gasteiger partial charge in [0.15, 0.2) is 4.90 Å². The number of nitrogens with zero attached hydrogens (tertiary/aromatic N) is 2. The van der Waals surface area contributed by atoms with E-state index in [4.69, 9.17) is 15.8 Å². The highest BCUT2D eigenvalue weighted by Gasteiger charge is 2.27. The molecule has 0 radical (unpaired) electrons. The molecule has 0 saturated carbocycles. The molecule has 33 heavy (non-hydrogen) atoms. The number of hydrogen-bond donors (Lipinski definition) is 1. The molecule has 0 aliphatic rings. The maximum Gasteiger partial charge on any atom is 0.346 e. The van der Waals surface area contributed by atoms with Gasteiger partial charge in [-0.2, -0.15) is 13.7 Å². The molecule has 0 heterocycles. The minimum atomic E-state index is -4.52. The Morgan fingerprint density at radius 2 is 1.82 bits per heavy atom. The lowest BCUT2D eigenvalue weighted by Crippen LogP contribution is -2.13. The van der Waals surface area contributed by atoms with Crippen molar-refractivity contribution in [2.45, 2.75) is 4.90 Å². The zero-order valence-electron chi connectivity index (χ0n) is 16.6. The van der Waals surface area contributed by atoms with E-state index in [2.05, 4.69) is 5.32 Å². The van der Waals surface area contributed by atoms with Crippen molar-refractivity contribution in [2.75, 3.05) is 5.32 Å². The maximum atomic E-state index is 12.6. The number of hydrogen-bond acceptors (Lipinski definition) is 7. The van der Waals surface area contributed by atoms with Crippen molar-refractivity contribution < 1.29 is 22.3 Å². The van der Waals surface area contributed by atoms with Crippen molar-refractivity contribution in [1.29, 1.82) is 5.26 Å². The lowest BCUT2D eigenvalue weighted by molar-refractivity contribution is -0.387. The number of halogens is 1. The summed E-state index contributed by atoms with van der Waals surface area (Å²) in [5, 5.41) is 23.5. The van der Waals surface area contributed by atoms with Crippen LogP contribution in [0.15, 0.2) is 83.3 Å². The minimum absolute atomic E-state index is 0.158. The van der Waals surface area contributed by atoms with E-state index in [1.807, 2.05) is 0 Å².